The molecule has 34 heavy (non-hydrogen) atoms. The third kappa shape index (κ3) is 3.77. The molecule has 3 aromatic carbocycles. The molecular formula is C28H25N3O3. The predicted molar refractivity (Wildman–Crippen MR) is 132 cm³/mol. The number of para-hydroxylation sites is 1. The summed E-state index contributed by atoms with van der Waals surface area (Å²) in [5.74, 6) is 0.464. The SMILES string of the molecule is Cc1cc(NC(=O)c2cccc(C)c2C)ccc1C(=O)N1CCc2cnoc2-c2ccccc21. The third-order valence-electron chi connectivity index (χ3n) is 6.50. The largest absolute Gasteiger partial charge is 0.356 e. The lowest BCUT2D eigenvalue weighted by atomic mass is 10.0. The Hall–Kier alpha value is -4.19. The Bertz CT molecular complexity index is 1420. The van der Waals surface area contributed by atoms with Crippen molar-refractivity contribution in [2.75, 3.05) is 16.8 Å². The summed E-state index contributed by atoms with van der Waals surface area (Å²) in [4.78, 5) is 28.3. The van der Waals surface area contributed by atoms with Crippen LogP contribution >= 0.6 is 0 Å². The number of fused-ring (bicyclic) bond motifs is 3. The van der Waals surface area contributed by atoms with E-state index in [1.807, 2.05) is 69.3 Å². The van der Waals surface area contributed by atoms with Crippen LogP contribution in [0, 0.1) is 20.8 Å². The smallest absolute Gasteiger partial charge is 0.258 e. The number of carbonyl (C=O) groups excluding carboxylic acids is 2. The van der Waals surface area contributed by atoms with Gasteiger partial charge in [0, 0.05) is 34.5 Å². The Morgan fingerprint density at radius 3 is 2.59 bits per heavy atom. The van der Waals surface area contributed by atoms with Gasteiger partial charge in [0.2, 0.25) is 0 Å². The highest BCUT2D eigenvalue weighted by atomic mass is 16.5. The molecule has 0 radical (unpaired) electrons. The van der Waals surface area contributed by atoms with Crippen molar-refractivity contribution in [1.29, 1.82) is 0 Å². The molecule has 0 saturated carbocycles. The van der Waals surface area contributed by atoms with E-state index in [9.17, 15) is 9.59 Å². The highest BCUT2D eigenvalue weighted by molar-refractivity contribution is 6.10. The minimum Gasteiger partial charge on any atom is -0.356 e. The first-order valence-corrected chi connectivity index (χ1v) is 11.3. The molecule has 4 aromatic rings. The summed E-state index contributed by atoms with van der Waals surface area (Å²) in [6.45, 7) is 6.34. The Morgan fingerprint density at radius 1 is 0.941 bits per heavy atom. The van der Waals surface area contributed by atoms with E-state index in [1.165, 1.54) is 0 Å². The van der Waals surface area contributed by atoms with Crippen LogP contribution in [0.15, 0.2) is 71.4 Å². The standard InChI is InChI=1S/C28H25N3O3/c1-17-7-6-9-23(19(17)3)27(32)30-21-11-12-22(18(2)15-21)28(33)31-14-13-20-16-29-34-26(20)24-8-4-5-10-25(24)31/h4-12,15-16H,13-14H2,1-3H3,(H,30,32). The fourth-order valence-electron chi connectivity index (χ4n) is 4.45. The van der Waals surface area contributed by atoms with Gasteiger partial charge in [-0.05, 0) is 80.3 Å². The lowest BCUT2D eigenvalue weighted by molar-refractivity contribution is 0.0985. The molecule has 0 atom stereocenters. The molecule has 6 heteroatoms. The number of rotatable bonds is 3. The van der Waals surface area contributed by atoms with Crippen LogP contribution in [0.5, 0.6) is 0 Å². The van der Waals surface area contributed by atoms with Crippen molar-refractivity contribution in [2.24, 2.45) is 0 Å². The fraction of sp³-hybridized carbons (Fsp3) is 0.179. The van der Waals surface area contributed by atoms with Crippen molar-refractivity contribution in [1.82, 2.24) is 5.16 Å². The van der Waals surface area contributed by atoms with Crippen LogP contribution in [0.4, 0.5) is 11.4 Å². The van der Waals surface area contributed by atoms with Gasteiger partial charge >= 0.3 is 0 Å². The van der Waals surface area contributed by atoms with Gasteiger partial charge in [-0.1, -0.05) is 29.4 Å². The van der Waals surface area contributed by atoms with Gasteiger partial charge in [-0.25, -0.2) is 0 Å². The number of nitrogens with zero attached hydrogens (tertiary/aromatic N) is 2. The summed E-state index contributed by atoms with van der Waals surface area (Å²) >= 11 is 0. The lowest BCUT2D eigenvalue weighted by Crippen LogP contribution is -2.33. The molecule has 0 unspecified atom stereocenters. The van der Waals surface area contributed by atoms with Gasteiger partial charge in [-0.15, -0.1) is 0 Å². The summed E-state index contributed by atoms with van der Waals surface area (Å²) in [6, 6.07) is 18.8. The highest BCUT2D eigenvalue weighted by Gasteiger charge is 2.28. The van der Waals surface area contributed by atoms with Crippen molar-refractivity contribution < 1.29 is 14.1 Å². The van der Waals surface area contributed by atoms with Gasteiger partial charge in [0.15, 0.2) is 5.76 Å². The van der Waals surface area contributed by atoms with Gasteiger partial charge in [-0.2, -0.15) is 0 Å². The summed E-state index contributed by atoms with van der Waals surface area (Å²) in [7, 11) is 0. The quantitative estimate of drug-likeness (QED) is 0.432. The van der Waals surface area contributed by atoms with Crippen molar-refractivity contribution in [3.63, 3.8) is 0 Å². The molecule has 6 nitrogen and oxygen atoms in total. The van der Waals surface area contributed by atoms with E-state index >= 15 is 0 Å². The summed E-state index contributed by atoms with van der Waals surface area (Å²) in [5, 5.41) is 6.90. The molecule has 0 aliphatic carbocycles. The van der Waals surface area contributed by atoms with Crippen molar-refractivity contribution >= 4 is 23.2 Å². The normalized spacial score (nSPS) is 12.5. The number of carbonyl (C=O) groups is 2. The maximum absolute atomic E-state index is 13.6. The van der Waals surface area contributed by atoms with E-state index in [0.29, 0.717) is 35.5 Å². The number of benzene rings is 3. The first-order chi connectivity index (χ1) is 16.4. The van der Waals surface area contributed by atoms with E-state index < -0.39 is 0 Å². The lowest BCUT2D eigenvalue weighted by Gasteiger charge is -2.24. The van der Waals surface area contributed by atoms with Crippen LogP contribution in [-0.2, 0) is 6.42 Å². The zero-order valence-electron chi connectivity index (χ0n) is 19.4. The molecule has 2 amide bonds. The molecule has 5 rings (SSSR count). The van der Waals surface area contributed by atoms with E-state index in [0.717, 1.165) is 33.5 Å². The van der Waals surface area contributed by atoms with Crippen LogP contribution in [0.1, 0.15) is 43.0 Å². The van der Waals surface area contributed by atoms with E-state index in [2.05, 4.69) is 10.5 Å². The van der Waals surface area contributed by atoms with E-state index in [-0.39, 0.29) is 11.8 Å². The number of anilines is 2. The molecular weight excluding hydrogens is 426 g/mol. The zero-order chi connectivity index (χ0) is 23.8. The number of amides is 2. The van der Waals surface area contributed by atoms with Crippen LogP contribution in [0.3, 0.4) is 0 Å². The first kappa shape index (κ1) is 21.6. The highest BCUT2D eigenvalue weighted by Crippen LogP contribution is 2.37. The Kier molecular flexibility index (Phi) is 5.49. The van der Waals surface area contributed by atoms with Crippen molar-refractivity contribution in [2.45, 2.75) is 27.2 Å². The molecule has 1 aromatic heterocycles. The van der Waals surface area contributed by atoms with Crippen molar-refractivity contribution in [3.8, 4) is 11.3 Å². The maximum Gasteiger partial charge on any atom is 0.258 e. The number of hydrogen-bond donors (Lipinski definition) is 1. The number of aryl methyl sites for hydroxylation is 2. The Labute approximate surface area is 198 Å². The molecule has 2 heterocycles. The monoisotopic (exact) mass is 451 g/mol. The van der Waals surface area contributed by atoms with Crippen LogP contribution < -0.4 is 10.2 Å². The van der Waals surface area contributed by atoms with Gasteiger partial charge in [0.05, 0.1) is 11.9 Å². The first-order valence-electron chi connectivity index (χ1n) is 11.3. The Morgan fingerprint density at radius 2 is 1.76 bits per heavy atom. The summed E-state index contributed by atoms with van der Waals surface area (Å²) in [5.41, 5.74) is 7.36. The molecule has 0 saturated heterocycles. The molecule has 1 aliphatic rings. The van der Waals surface area contributed by atoms with E-state index in [1.54, 1.807) is 23.2 Å². The molecule has 1 N–H and O–H groups in total. The predicted octanol–water partition coefficient (Wildman–Crippen LogP) is 5.72. The van der Waals surface area contributed by atoms with Gasteiger partial charge in [-0.3, -0.25) is 9.59 Å². The second kappa shape index (κ2) is 8.63. The van der Waals surface area contributed by atoms with Crippen LogP contribution in [0.25, 0.3) is 11.3 Å². The van der Waals surface area contributed by atoms with Gasteiger partial charge < -0.3 is 14.7 Å². The second-order valence-electron chi connectivity index (χ2n) is 8.64. The average Bonchev–Trinajstić information content (AvgIpc) is 3.23. The molecule has 0 bridgehead atoms. The minimum absolute atomic E-state index is 0.0875. The summed E-state index contributed by atoms with van der Waals surface area (Å²) < 4.78 is 5.50. The van der Waals surface area contributed by atoms with E-state index in [4.69, 9.17) is 4.52 Å². The Balaban J connectivity index is 1.42. The zero-order valence-corrected chi connectivity index (χ0v) is 19.4. The minimum atomic E-state index is -0.164. The number of nitrogens with one attached hydrogen (secondary N) is 1. The average molecular weight is 452 g/mol. The maximum atomic E-state index is 13.6. The number of hydrogen-bond acceptors (Lipinski definition) is 4. The van der Waals surface area contributed by atoms with Crippen LogP contribution in [-0.4, -0.2) is 23.5 Å². The summed E-state index contributed by atoms with van der Waals surface area (Å²) in [6.07, 6.45) is 2.38. The van der Waals surface area contributed by atoms with Crippen LogP contribution in [0.2, 0.25) is 0 Å². The fourth-order valence-corrected chi connectivity index (χ4v) is 4.45. The molecule has 1 aliphatic heterocycles. The topological polar surface area (TPSA) is 75.4 Å². The second-order valence-corrected chi connectivity index (χ2v) is 8.64. The number of aromatic nitrogens is 1. The van der Waals surface area contributed by atoms with Gasteiger partial charge in [0.1, 0.15) is 0 Å². The molecule has 0 spiro atoms. The molecule has 0 fully saturated rings. The molecule has 170 valence electrons. The van der Waals surface area contributed by atoms with Gasteiger partial charge in [0.25, 0.3) is 11.8 Å². The van der Waals surface area contributed by atoms with Crippen molar-refractivity contribution in [3.05, 3.63) is 100 Å². The third-order valence-corrected chi connectivity index (χ3v) is 6.50.